The van der Waals surface area contributed by atoms with Gasteiger partial charge in [0.1, 0.15) is 15.7 Å². The fraction of sp³-hybridized carbons (Fsp3) is 0.211. The molecule has 2 aromatic carbocycles. The molecule has 3 rings (SSSR count). The van der Waals surface area contributed by atoms with Gasteiger partial charge >= 0.3 is 0 Å². The van der Waals surface area contributed by atoms with Gasteiger partial charge in [-0.1, -0.05) is 0 Å². The van der Waals surface area contributed by atoms with Crippen LogP contribution in [0.3, 0.4) is 0 Å². The number of hydrogen-bond acceptors (Lipinski definition) is 6. The molecule has 7 nitrogen and oxygen atoms in total. The first-order valence-corrected chi connectivity index (χ1v) is 9.96. The molecule has 0 radical (unpaired) electrons. The molecule has 0 aliphatic rings. The SMILES string of the molecule is COc1ccc2c(Nc3ccc(S(=N)(=O)NC[C@@H](C)O)cc3)ccnc2c1. The van der Waals surface area contributed by atoms with Gasteiger partial charge in [-0.05, 0) is 49.4 Å². The van der Waals surface area contributed by atoms with Crippen molar-refractivity contribution >= 4 is 32.2 Å². The number of aliphatic hydroxyl groups is 1. The number of fused-ring (bicyclic) bond motifs is 1. The highest BCUT2D eigenvalue weighted by Crippen LogP contribution is 2.28. The maximum absolute atomic E-state index is 12.4. The highest BCUT2D eigenvalue weighted by molar-refractivity contribution is 7.90. The number of aliphatic hydroxyl groups excluding tert-OH is 1. The quantitative estimate of drug-likeness (QED) is 0.498. The van der Waals surface area contributed by atoms with Crippen LogP contribution in [0.15, 0.2) is 59.6 Å². The zero-order chi connectivity index (χ0) is 19.4. The Morgan fingerprint density at radius 3 is 2.63 bits per heavy atom. The predicted molar refractivity (Wildman–Crippen MR) is 107 cm³/mol. The smallest absolute Gasteiger partial charge is 0.134 e. The number of aromatic nitrogens is 1. The van der Waals surface area contributed by atoms with E-state index in [1.165, 1.54) is 0 Å². The van der Waals surface area contributed by atoms with Gasteiger partial charge in [-0.25, -0.2) is 13.7 Å². The Hall–Kier alpha value is -2.68. The highest BCUT2D eigenvalue weighted by atomic mass is 32.2. The Kier molecular flexibility index (Phi) is 5.59. The second-order valence-electron chi connectivity index (χ2n) is 6.14. The van der Waals surface area contributed by atoms with Crippen molar-refractivity contribution in [2.45, 2.75) is 17.9 Å². The standard InChI is InChI=1S/C19H22N4O3S/c1-13(24)12-22-27(20,25)16-6-3-14(4-7-16)23-18-9-10-21-19-11-15(26-2)5-8-17(18)19/h3-11,13,24H,12H2,1-2H3,(H,21,23)(H2,20,22,25)/t13-,27?/m1/s1. The van der Waals surface area contributed by atoms with Gasteiger partial charge in [0.05, 0.1) is 23.6 Å². The Labute approximate surface area is 158 Å². The van der Waals surface area contributed by atoms with Crippen molar-refractivity contribution in [3.05, 3.63) is 54.7 Å². The molecule has 1 heterocycles. The summed E-state index contributed by atoms with van der Waals surface area (Å²) in [6.45, 7) is 1.67. The summed E-state index contributed by atoms with van der Waals surface area (Å²) in [6.07, 6.45) is 1.05. The number of rotatable bonds is 7. The summed E-state index contributed by atoms with van der Waals surface area (Å²) < 4.78 is 28.2. The highest BCUT2D eigenvalue weighted by Gasteiger charge is 2.11. The minimum Gasteiger partial charge on any atom is -0.497 e. The van der Waals surface area contributed by atoms with E-state index in [0.29, 0.717) is 4.90 Å². The van der Waals surface area contributed by atoms with Crippen molar-refractivity contribution in [1.82, 2.24) is 9.71 Å². The summed E-state index contributed by atoms with van der Waals surface area (Å²) >= 11 is 0. The first kappa shape index (κ1) is 19.1. The lowest BCUT2D eigenvalue weighted by Crippen LogP contribution is -2.29. The average molecular weight is 386 g/mol. The van der Waals surface area contributed by atoms with Crippen LogP contribution in [-0.2, 0) is 9.92 Å². The van der Waals surface area contributed by atoms with Gasteiger partial charge in [0.25, 0.3) is 0 Å². The van der Waals surface area contributed by atoms with Gasteiger partial charge in [0.2, 0.25) is 0 Å². The second-order valence-corrected chi connectivity index (χ2v) is 8.02. The van der Waals surface area contributed by atoms with Crippen LogP contribution in [0.4, 0.5) is 11.4 Å². The molecule has 0 saturated heterocycles. The Morgan fingerprint density at radius 2 is 1.96 bits per heavy atom. The van der Waals surface area contributed by atoms with E-state index in [1.807, 2.05) is 24.3 Å². The Balaban J connectivity index is 1.82. The minimum atomic E-state index is -3.15. The summed E-state index contributed by atoms with van der Waals surface area (Å²) in [4.78, 5) is 4.72. The van der Waals surface area contributed by atoms with Crippen LogP contribution < -0.4 is 14.8 Å². The fourth-order valence-corrected chi connectivity index (χ4v) is 3.73. The number of hydrogen-bond donors (Lipinski definition) is 4. The van der Waals surface area contributed by atoms with Crippen molar-refractivity contribution < 1.29 is 14.1 Å². The molecule has 3 aromatic rings. The largest absolute Gasteiger partial charge is 0.497 e. The van der Waals surface area contributed by atoms with E-state index >= 15 is 0 Å². The predicted octanol–water partition coefficient (Wildman–Crippen LogP) is 3.28. The molecular formula is C19H22N4O3S. The molecule has 0 bridgehead atoms. The van der Waals surface area contributed by atoms with E-state index in [-0.39, 0.29) is 6.54 Å². The zero-order valence-electron chi connectivity index (χ0n) is 15.1. The number of benzene rings is 2. The number of methoxy groups -OCH3 is 1. The molecule has 0 saturated carbocycles. The molecule has 0 aliphatic heterocycles. The molecule has 142 valence electrons. The summed E-state index contributed by atoms with van der Waals surface area (Å²) in [5.41, 5.74) is 2.49. The number of anilines is 2. The van der Waals surface area contributed by atoms with Crippen molar-refractivity contribution in [3.63, 3.8) is 0 Å². The number of ether oxygens (including phenoxy) is 1. The van der Waals surface area contributed by atoms with Gasteiger partial charge in [0.15, 0.2) is 0 Å². The first-order valence-electron chi connectivity index (χ1n) is 8.40. The third-order valence-corrected chi connectivity index (χ3v) is 5.51. The summed E-state index contributed by atoms with van der Waals surface area (Å²) in [5.74, 6) is 0.742. The van der Waals surface area contributed by atoms with Gasteiger partial charge in [-0.3, -0.25) is 4.98 Å². The second kappa shape index (κ2) is 7.91. The van der Waals surface area contributed by atoms with Crippen LogP contribution in [0.25, 0.3) is 10.9 Å². The zero-order valence-corrected chi connectivity index (χ0v) is 15.9. The summed E-state index contributed by atoms with van der Waals surface area (Å²) in [7, 11) is -1.53. The molecule has 0 amide bonds. The summed E-state index contributed by atoms with van der Waals surface area (Å²) in [5, 5.41) is 13.6. The molecule has 8 heteroatoms. The van der Waals surface area contributed by atoms with E-state index in [0.717, 1.165) is 28.0 Å². The minimum absolute atomic E-state index is 0.0921. The molecular weight excluding hydrogens is 364 g/mol. The first-order chi connectivity index (χ1) is 12.9. The van der Waals surface area contributed by atoms with E-state index in [2.05, 4.69) is 15.0 Å². The van der Waals surface area contributed by atoms with Crippen molar-refractivity contribution in [2.24, 2.45) is 0 Å². The normalized spacial score (nSPS) is 14.5. The van der Waals surface area contributed by atoms with Crippen molar-refractivity contribution in [2.75, 3.05) is 19.0 Å². The molecule has 0 aliphatic carbocycles. The topological polar surface area (TPSA) is 107 Å². The van der Waals surface area contributed by atoms with Crippen LogP contribution in [0.5, 0.6) is 5.75 Å². The average Bonchev–Trinajstić information content (AvgIpc) is 2.67. The van der Waals surface area contributed by atoms with Crippen LogP contribution in [0, 0.1) is 4.78 Å². The maximum Gasteiger partial charge on any atom is 0.134 e. The molecule has 1 aromatic heterocycles. The summed E-state index contributed by atoms with van der Waals surface area (Å²) in [6, 6.07) is 14.4. The molecule has 1 unspecified atom stereocenters. The van der Waals surface area contributed by atoms with Gasteiger partial charge in [0, 0.05) is 35.6 Å². The van der Waals surface area contributed by atoms with E-state index in [1.54, 1.807) is 44.5 Å². The van der Waals surface area contributed by atoms with E-state index in [4.69, 9.17) is 9.52 Å². The van der Waals surface area contributed by atoms with Crippen LogP contribution >= 0.6 is 0 Å². The van der Waals surface area contributed by atoms with Gasteiger partial charge < -0.3 is 15.2 Å². The molecule has 0 fully saturated rings. The Bertz CT molecular complexity index is 1030. The van der Waals surface area contributed by atoms with E-state index in [9.17, 15) is 9.32 Å². The van der Waals surface area contributed by atoms with Crippen LogP contribution in [0.2, 0.25) is 0 Å². The fourth-order valence-electron chi connectivity index (χ4n) is 2.57. The lowest BCUT2D eigenvalue weighted by molar-refractivity contribution is 0.199. The van der Waals surface area contributed by atoms with Crippen molar-refractivity contribution in [1.29, 1.82) is 4.78 Å². The lowest BCUT2D eigenvalue weighted by Gasteiger charge is -2.13. The molecule has 0 spiro atoms. The third kappa shape index (κ3) is 4.54. The lowest BCUT2D eigenvalue weighted by atomic mass is 10.1. The van der Waals surface area contributed by atoms with Crippen molar-refractivity contribution in [3.8, 4) is 5.75 Å². The van der Waals surface area contributed by atoms with E-state index < -0.39 is 16.0 Å². The van der Waals surface area contributed by atoms with Gasteiger partial charge in [-0.2, -0.15) is 0 Å². The monoisotopic (exact) mass is 386 g/mol. The van der Waals surface area contributed by atoms with Crippen LogP contribution in [-0.4, -0.2) is 34.1 Å². The number of nitrogens with one attached hydrogen (secondary N) is 3. The molecule has 27 heavy (non-hydrogen) atoms. The third-order valence-electron chi connectivity index (χ3n) is 4.00. The molecule has 4 N–H and O–H groups in total. The number of nitrogens with zero attached hydrogens (tertiary/aromatic N) is 1. The Morgan fingerprint density at radius 1 is 1.22 bits per heavy atom. The number of pyridine rings is 1. The van der Waals surface area contributed by atoms with Gasteiger partial charge in [-0.15, -0.1) is 0 Å². The van der Waals surface area contributed by atoms with Crippen LogP contribution in [0.1, 0.15) is 6.92 Å². The molecule has 2 atom stereocenters. The maximum atomic E-state index is 12.4.